The summed E-state index contributed by atoms with van der Waals surface area (Å²) in [5.74, 6) is -1.64. The van der Waals surface area contributed by atoms with Crippen LogP contribution in [0.25, 0.3) is 0 Å². The molecule has 0 radical (unpaired) electrons. The van der Waals surface area contributed by atoms with Crippen LogP contribution in [0.4, 0.5) is 0 Å². The van der Waals surface area contributed by atoms with E-state index >= 15 is 0 Å². The highest BCUT2D eigenvalue weighted by molar-refractivity contribution is 7.47. The van der Waals surface area contributed by atoms with Gasteiger partial charge < -0.3 is 34.2 Å². The number of aliphatic hydroxyl groups is 2. The monoisotopic (exact) mass is 1450 g/mol. The Labute approximate surface area is 612 Å². The van der Waals surface area contributed by atoms with Crippen LogP contribution in [0.2, 0.25) is 0 Å². The smallest absolute Gasteiger partial charge is 0.463 e. The highest BCUT2D eigenvalue weighted by Crippen LogP contribution is 2.45. The summed E-state index contributed by atoms with van der Waals surface area (Å²) in [6.07, 6.45) is 93.9. The van der Waals surface area contributed by atoms with Gasteiger partial charge in [0, 0.05) is 19.3 Å². The van der Waals surface area contributed by atoms with Crippen molar-refractivity contribution in [3.63, 3.8) is 0 Å². The third-order valence-electron chi connectivity index (χ3n) is 15.4. The number of ether oxygens (including phenoxy) is 3. The van der Waals surface area contributed by atoms with Gasteiger partial charge in [-0.05, 0) is 148 Å². The lowest BCUT2D eigenvalue weighted by Gasteiger charge is -2.21. The van der Waals surface area contributed by atoms with Crippen LogP contribution in [0.3, 0.4) is 0 Å². The normalized spacial score (nSPS) is 15.0. The molecule has 0 aromatic heterocycles. The zero-order chi connectivity index (χ0) is 73.7. The van der Waals surface area contributed by atoms with E-state index in [9.17, 15) is 43.5 Å². The number of aliphatic hydroxyl groups excluding tert-OH is 2. The van der Waals surface area contributed by atoms with Crippen molar-refractivity contribution in [2.75, 3.05) is 39.6 Å². The number of esters is 3. The van der Waals surface area contributed by atoms with Crippen LogP contribution in [0.1, 0.15) is 278 Å². The number of carbonyl (C=O) groups excluding carboxylic acids is 3. The Hall–Kier alpha value is -5.09. The maximum Gasteiger partial charge on any atom is 0.472 e. The minimum Gasteiger partial charge on any atom is -0.463 e. The first-order chi connectivity index (χ1) is 49.2. The maximum absolute atomic E-state index is 13.0. The van der Waals surface area contributed by atoms with Gasteiger partial charge in [0.05, 0.1) is 26.4 Å². The molecule has 0 aliphatic rings. The Morgan fingerprint density at radius 1 is 0.277 bits per heavy atom. The Morgan fingerprint density at radius 3 is 0.792 bits per heavy atom. The molecular weight excluding hydrogens is 1310 g/mol. The van der Waals surface area contributed by atoms with E-state index in [1.165, 1.54) is 38.5 Å². The van der Waals surface area contributed by atoms with E-state index in [2.05, 4.69) is 191 Å². The van der Waals surface area contributed by atoms with Gasteiger partial charge in [-0.15, -0.1) is 0 Å². The summed E-state index contributed by atoms with van der Waals surface area (Å²) in [6, 6.07) is 0. The van der Waals surface area contributed by atoms with Crippen molar-refractivity contribution in [3.05, 3.63) is 170 Å². The molecule has 101 heavy (non-hydrogen) atoms. The second-order valence-electron chi connectivity index (χ2n) is 25.0. The summed E-state index contributed by atoms with van der Waals surface area (Å²) in [4.78, 5) is 58.6. The van der Waals surface area contributed by atoms with Gasteiger partial charge in [-0.3, -0.25) is 32.5 Å². The molecular formula is C83H136O16P2. The van der Waals surface area contributed by atoms with Crippen LogP contribution in [0, 0.1) is 0 Å². The van der Waals surface area contributed by atoms with Crippen molar-refractivity contribution in [2.24, 2.45) is 0 Å². The van der Waals surface area contributed by atoms with E-state index in [1.54, 1.807) is 0 Å². The number of allylic oxidation sites excluding steroid dienone is 28. The quantitative estimate of drug-likeness (QED) is 0.0146. The lowest BCUT2D eigenvalue weighted by Crippen LogP contribution is -2.30. The van der Waals surface area contributed by atoms with Crippen molar-refractivity contribution in [1.29, 1.82) is 0 Å². The topological polar surface area (TPSA) is 231 Å². The van der Waals surface area contributed by atoms with Crippen LogP contribution in [-0.2, 0) is 55.8 Å². The van der Waals surface area contributed by atoms with Crippen molar-refractivity contribution >= 4 is 33.6 Å². The van der Waals surface area contributed by atoms with Gasteiger partial charge in [0.25, 0.3) is 0 Å². The highest BCUT2D eigenvalue weighted by atomic mass is 31.2. The fraction of sp³-hybridized carbons (Fsp3) is 0.627. The molecule has 0 bridgehead atoms. The summed E-state index contributed by atoms with van der Waals surface area (Å²) < 4.78 is 61.1. The molecule has 5 atom stereocenters. The summed E-state index contributed by atoms with van der Waals surface area (Å²) in [6.45, 7) is 2.27. The maximum atomic E-state index is 13.0. The molecule has 0 aliphatic carbocycles. The van der Waals surface area contributed by atoms with Gasteiger partial charge >= 0.3 is 33.6 Å². The standard InChI is InChI=1S/C83H136O16P2/c1-4-7-10-13-16-19-22-25-28-31-34-35-36-37-38-39-40-41-44-46-48-51-54-57-60-63-66-69-81(86)93-72-78(84)73-95-100(89,90)96-74-79(85)75-97-101(91,92)98-77-80(99-83(88)71-68-65-62-59-56-53-50-47-43-33-30-27-24-21-18-15-12-9-6-3)76-94-82(87)70-67-64-61-58-55-52-49-45-42-32-29-26-23-20-17-14-11-8-5-2/h7-12,16-21,25-30,34-35,37-38,42-43,45,47,52,55,78-80,84-85H,4-6,13-15,22-24,31-33,36,39-41,44,46,48-51,53-54,56-77H2,1-3H3,(H,89,90)(H,91,92)/b10-7-,11-8-,12-9-,19-16-,20-17-,21-18-,28-25-,29-26-,30-27-,35-34-,38-37-,45-42-,47-43-,55-52-. The first kappa shape index (κ1) is 95.9. The number of phosphoric ester groups is 2. The molecule has 0 rings (SSSR count). The number of hydrogen-bond acceptors (Lipinski definition) is 14. The average Bonchev–Trinajstić information content (AvgIpc) is 3.19. The minimum atomic E-state index is -4.95. The fourth-order valence-corrected chi connectivity index (χ4v) is 11.3. The summed E-state index contributed by atoms with van der Waals surface area (Å²) in [7, 11) is -9.82. The summed E-state index contributed by atoms with van der Waals surface area (Å²) >= 11 is 0. The molecule has 0 saturated heterocycles. The zero-order valence-electron chi connectivity index (χ0n) is 62.5. The van der Waals surface area contributed by atoms with Crippen LogP contribution in [0.15, 0.2) is 170 Å². The first-order valence-electron chi connectivity index (χ1n) is 38.4. The van der Waals surface area contributed by atoms with Gasteiger partial charge in [0.15, 0.2) is 6.10 Å². The van der Waals surface area contributed by atoms with E-state index in [-0.39, 0.29) is 19.3 Å². The molecule has 574 valence electrons. The second kappa shape index (κ2) is 74.6. The lowest BCUT2D eigenvalue weighted by atomic mass is 10.0. The summed E-state index contributed by atoms with van der Waals surface area (Å²) in [5.41, 5.74) is 0. The second-order valence-corrected chi connectivity index (χ2v) is 27.9. The zero-order valence-corrected chi connectivity index (χ0v) is 64.3. The third-order valence-corrected chi connectivity index (χ3v) is 17.3. The van der Waals surface area contributed by atoms with Crippen molar-refractivity contribution in [1.82, 2.24) is 0 Å². The first-order valence-corrected chi connectivity index (χ1v) is 41.4. The Bertz CT molecular complexity index is 2520. The van der Waals surface area contributed by atoms with E-state index in [0.717, 1.165) is 180 Å². The molecule has 0 aliphatic heterocycles. The van der Waals surface area contributed by atoms with Gasteiger partial charge in [0.2, 0.25) is 0 Å². The SMILES string of the molecule is CC/C=C\C/C=C\C/C=C\C/C=C\C/C=C\CCCCCCCCCCCCCC(=O)OCC(O)COP(=O)(O)OCC(O)COP(=O)(O)OCC(COC(=O)CCCCC/C=C\C/C=C\C/C=C\C/C=C\C/C=C\CC)OC(=O)CCCCCCCC/C=C\C/C=C\C/C=C\C/C=C\CC. The Balaban J connectivity index is 4.66. The van der Waals surface area contributed by atoms with Gasteiger partial charge in [0.1, 0.15) is 25.4 Å². The molecule has 0 amide bonds. The molecule has 16 nitrogen and oxygen atoms in total. The average molecular weight is 1450 g/mol. The molecule has 4 N–H and O–H groups in total. The van der Waals surface area contributed by atoms with Crippen LogP contribution >= 0.6 is 15.6 Å². The third kappa shape index (κ3) is 75.9. The number of rotatable bonds is 71. The molecule has 0 saturated carbocycles. The molecule has 0 spiro atoms. The molecule has 0 aromatic rings. The van der Waals surface area contributed by atoms with Crippen LogP contribution in [-0.4, -0.2) is 95.9 Å². The van der Waals surface area contributed by atoms with Crippen molar-refractivity contribution < 1.29 is 75.8 Å². The lowest BCUT2D eigenvalue weighted by molar-refractivity contribution is -0.161. The highest BCUT2D eigenvalue weighted by Gasteiger charge is 2.29. The van der Waals surface area contributed by atoms with E-state index in [0.29, 0.717) is 19.3 Å². The molecule has 5 unspecified atom stereocenters. The fourth-order valence-electron chi connectivity index (χ4n) is 9.67. The summed E-state index contributed by atoms with van der Waals surface area (Å²) in [5, 5.41) is 20.6. The predicted molar refractivity (Wildman–Crippen MR) is 417 cm³/mol. The van der Waals surface area contributed by atoms with Gasteiger partial charge in [-0.2, -0.15) is 0 Å². The molecule has 0 aromatic carbocycles. The molecule has 0 fully saturated rings. The molecule has 0 heterocycles. The minimum absolute atomic E-state index is 0.0744. The number of carbonyl (C=O) groups is 3. The van der Waals surface area contributed by atoms with Gasteiger partial charge in [-0.1, -0.05) is 281 Å². The largest absolute Gasteiger partial charge is 0.472 e. The Kier molecular flexibility index (Phi) is 70.9. The van der Waals surface area contributed by atoms with E-state index < -0.39 is 91.5 Å². The number of unbranched alkanes of at least 4 members (excludes halogenated alkanes) is 20. The molecule has 18 heteroatoms. The predicted octanol–water partition coefficient (Wildman–Crippen LogP) is 22.4. The number of phosphoric acid groups is 2. The van der Waals surface area contributed by atoms with E-state index in [4.69, 9.17) is 32.3 Å². The number of hydrogen-bond donors (Lipinski definition) is 4. The van der Waals surface area contributed by atoms with Crippen molar-refractivity contribution in [3.8, 4) is 0 Å². The Morgan fingerprint density at radius 2 is 0.495 bits per heavy atom. The van der Waals surface area contributed by atoms with Gasteiger partial charge in [-0.25, -0.2) is 9.13 Å². The van der Waals surface area contributed by atoms with Crippen molar-refractivity contribution in [2.45, 2.75) is 296 Å². The van der Waals surface area contributed by atoms with E-state index in [1.807, 2.05) is 0 Å². The van der Waals surface area contributed by atoms with Crippen LogP contribution < -0.4 is 0 Å². The van der Waals surface area contributed by atoms with Crippen LogP contribution in [0.5, 0.6) is 0 Å².